The number of anilines is 1. The Morgan fingerprint density at radius 2 is 2.04 bits per heavy atom. The van der Waals surface area contributed by atoms with Gasteiger partial charge in [0.2, 0.25) is 5.91 Å². The summed E-state index contributed by atoms with van der Waals surface area (Å²) in [6, 6.07) is 5.23. The quantitative estimate of drug-likeness (QED) is 0.674. The van der Waals surface area contributed by atoms with E-state index in [9.17, 15) is 23.5 Å². The van der Waals surface area contributed by atoms with Gasteiger partial charge in [-0.05, 0) is 35.0 Å². The van der Waals surface area contributed by atoms with Crippen molar-refractivity contribution in [3.8, 4) is 0 Å². The average Bonchev–Trinajstić information content (AvgIpc) is 2.85. The Balaban J connectivity index is 2.45. The number of nitrogens with one attached hydrogen (secondary N) is 2. The van der Waals surface area contributed by atoms with Crippen LogP contribution in [0, 0.1) is 5.82 Å². The molecule has 1 unspecified atom stereocenters. The highest BCUT2D eigenvalue weighted by Crippen LogP contribution is 2.46. The van der Waals surface area contributed by atoms with E-state index >= 15 is 0 Å². The highest BCUT2D eigenvalue weighted by Gasteiger charge is 2.48. The number of benzene rings is 2. The number of rotatable bonds is 4. The van der Waals surface area contributed by atoms with Crippen LogP contribution in [0.5, 0.6) is 0 Å². The molecule has 0 aliphatic carbocycles. The zero-order valence-electron chi connectivity index (χ0n) is 14.7. The van der Waals surface area contributed by atoms with Gasteiger partial charge in [0.15, 0.2) is 5.72 Å². The number of hydrogen-bond donors (Lipinski definition) is 3. The molecule has 28 heavy (non-hydrogen) atoms. The van der Waals surface area contributed by atoms with Crippen molar-refractivity contribution in [3.05, 3.63) is 76.9 Å². The lowest BCUT2D eigenvalue weighted by atomic mass is 9.89. The van der Waals surface area contributed by atoms with Gasteiger partial charge in [-0.1, -0.05) is 30.8 Å². The number of fused-ring (bicyclic) bond motifs is 3. The van der Waals surface area contributed by atoms with Gasteiger partial charge in [0, 0.05) is 23.1 Å². The fourth-order valence-electron chi connectivity index (χ4n) is 3.29. The molecule has 2 aromatic rings. The molecular weight excluding hydrogens is 390 g/mol. The van der Waals surface area contributed by atoms with E-state index in [-0.39, 0.29) is 32.8 Å². The Bertz CT molecular complexity index is 1110. The Morgan fingerprint density at radius 1 is 1.36 bits per heavy atom. The largest absolute Gasteiger partial charge is 0.363 e. The normalized spacial score (nSPS) is 18.6. The summed E-state index contributed by atoms with van der Waals surface area (Å²) >= 11 is 5.94. The van der Waals surface area contributed by atoms with Crippen molar-refractivity contribution < 1.29 is 23.5 Å². The molecule has 0 spiro atoms. The van der Waals surface area contributed by atoms with Crippen LogP contribution in [0.4, 0.5) is 14.5 Å². The van der Waals surface area contributed by atoms with E-state index in [1.807, 2.05) is 0 Å². The van der Waals surface area contributed by atoms with Crippen LogP contribution in [0.25, 0.3) is 10.8 Å². The molecule has 3 rings (SSSR count). The van der Waals surface area contributed by atoms with Crippen LogP contribution in [-0.4, -0.2) is 16.9 Å². The molecule has 2 amide bonds. The number of hydrogen-bond acceptors (Lipinski definition) is 3. The number of allylic oxidation sites excluding steroid dienone is 2. The molecule has 1 aliphatic heterocycles. The molecule has 0 fully saturated rings. The van der Waals surface area contributed by atoms with Crippen molar-refractivity contribution in [1.82, 2.24) is 5.32 Å². The van der Waals surface area contributed by atoms with Crippen LogP contribution in [0.2, 0.25) is 0 Å². The zero-order chi connectivity index (χ0) is 20.8. The highest BCUT2D eigenvalue weighted by atomic mass is 35.5. The third-order valence-corrected chi connectivity index (χ3v) is 4.48. The first-order valence-electron chi connectivity index (χ1n) is 8.05. The molecule has 0 bridgehead atoms. The Kier molecular flexibility index (Phi) is 4.82. The second kappa shape index (κ2) is 6.85. The molecule has 1 aliphatic rings. The number of amides is 2. The van der Waals surface area contributed by atoms with E-state index in [0.717, 1.165) is 12.1 Å². The van der Waals surface area contributed by atoms with Gasteiger partial charge in [-0.25, -0.2) is 8.78 Å². The van der Waals surface area contributed by atoms with Crippen LogP contribution in [0.1, 0.15) is 22.8 Å². The highest BCUT2D eigenvalue weighted by molar-refractivity contribution is 6.32. The van der Waals surface area contributed by atoms with Crippen LogP contribution in [0.15, 0.2) is 59.9 Å². The van der Waals surface area contributed by atoms with Gasteiger partial charge in [0.25, 0.3) is 5.91 Å². The van der Waals surface area contributed by atoms with Crippen LogP contribution in [-0.2, 0) is 10.5 Å². The van der Waals surface area contributed by atoms with E-state index in [1.54, 1.807) is 0 Å². The maximum absolute atomic E-state index is 13.8. The predicted octanol–water partition coefficient (Wildman–Crippen LogP) is 3.99. The lowest BCUT2D eigenvalue weighted by Gasteiger charge is -2.28. The summed E-state index contributed by atoms with van der Waals surface area (Å²) in [6.07, 6.45) is 0.817. The van der Waals surface area contributed by atoms with Gasteiger partial charge >= 0.3 is 0 Å². The first-order chi connectivity index (χ1) is 13.0. The van der Waals surface area contributed by atoms with Gasteiger partial charge in [-0.15, -0.1) is 0 Å². The average molecular weight is 405 g/mol. The third-order valence-electron chi connectivity index (χ3n) is 4.28. The third kappa shape index (κ3) is 3.19. The number of carbonyl (C=O) groups is 2. The summed E-state index contributed by atoms with van der Waals surface area (Å²) in [5.74, 6) is -2.77. The number of aliphatic hydroxyl groups is 1. The smallest absolute Gasteiger partial charge is 0.255 e. The summed E-state index contributed by atoms with van der Waals surface area (Å²) in [7, 11) is 0. The molecule has 5 nitrogen and oxygen atoms in total. The second-order valence-electron chi connectivity index (χ2n) is 6.30. The Morgan fingerprint density at radius 3 is 2.61 bits per heavy atom. The van der Waals surface area contributed by atoms with Gasteiger partial charge < -0.3 is 15.7 Å². The van der Waals surface area contributed by atoms with Crippen molar-refractivity contribution in [2.24, 2.45) is 0 Å². The van der Waals surface area contributed by atoms with E-state index in [4.69, 9.17) is 11.6 Å². The van der Waals surface area contributed by atoms with Crippen LogP contribution in [0.3, 0.4) is 0 Å². The van der Waals surface area contributed by atoms with Gasteiger partial charge in [0.05, 0.1) is 11.3 Å². The minimum absolute atomic E-state index is 0.0727. The first-order valence-corrected chi connectivity index (χ1v) is 8.43. The van der Waals surface area contributed by atoms with Crippen molar-refractivity contribution in [1.29, 1.82) is 0 Å². The van der Waals surface area contributed by atoms with Crippen LogP contribution < -0.4 is 10.6 Å². The lowest BCUT2D eigenvalue weighted by Crippen LogP contribution is -2.41. The monoisotopic (exact) mass is 404 g/mol. The molecule has 0 radical (unpaired) electrons. The lowest BCUT2D eigenvalue weighted by molar-refractivity contribution is -0.114. The molecule has 0 saturated heterocycles. The molecule has 3 N–H and O–H groups in total. The van der Waals surface area contributed by atoms with Gasteiger partial charge in [-0.2, -0.15) is 0 Å². The van der Waals surface area contributed by atoms with Crippen molar-refractivity contribution in [2.75, 3.05) is 5.32 Å². The van der Waals surface area contributed by atoms with E-state index < -0.39 is 29.2 Å². The molecule has 0 aromatic heterocycles. The molecule has 1 heterocycles. The molecule has 8 heteroatoms. The van der Waals surface area contributed by atoms with Crippen molar-refractivity contribution in [2.45, 2.75) is 12.6 Å². The molecule has 1 atom stereocenters. The maximum Gasteiger partial charge on any atom is 0.255 e. The van der Waals surface area contributed by atoms with Crippen molar-refractivity contribution >= 4 is 39.9 Å². The summed E-state index contributed by atoms with van der Waals surface area (Å²) in [6.45, 7) is 7.84. The van der Waals surface area contributed by atoms with E-state index in [1.165, 1.54) is 25.1 Å². The summed E-state index contributed by atoms with van der Waals surface area (Å²) in [4.78, 5) is 24.4. The Labute approximate surface area is 164 Å². The zero-order valence-corrected chi connectivity index (χ0v) is 15.5. The predicted molar refractivity (Wildman–Crippen MR) is 103 cm³/mol. The minimum atomic E-state index is -2.32. The summed E-state index contributed by atoms with van der Waals surface area (Å²) < 4.78 is 27.3. The maximum atomic E-state index is 13.8. The number of carbonyl (C=O) groups excluding carboxylic acids is 2. The minimum Gasteiger partial charge on any atom is -0.363 e. The summed E-state index contributed by atoms with van der Waals surface area (Å²) in [5, 5.41) is 16.6. The fourth-order valence-corrected chi connectivity index (χ4v) is 3.49. The first kappa shape index (κ1) is 19.7. The van der Waals surface area contributed by atoms with Gasteiger partial charge in [-0.3, -0.25) is 9.59 Å². The molecule has 144 valence electrons. The fraction of sp³-hybridized carbons (Fsp3) is 0.100. The second-order valence-corrected chi connectivity index (χ2v) is 6.75. The Hall–Kier alpha value is -3.03. The van der Waals surface area contributed by atoms with Gasteiger partial charge in [0.1, 0.15) is 11.6 Å². The van der Waals surface area contributed by atoms with E-state index in [0.29, 0.717) is 5.39 Å². The number of halogens is 3. The van der Waals surface area contributed by atoms with Crippen molar-refractivity contribution in [3.63, 3.8) is 0 Å². The molecule has 0 saturated carbocycles. The molecule has 2 aromatic carbocycles. The van der Waals surface area contributed by atoms with E-state index in [2.05, 4.69) is 23.8 Å². The molecular formula is C20H15ClF2N2O3. The standard InChI is InChI=1S/C20H15ClF2N2O3/c1-9(22)6-15(10(2)21)20(28)18-16(24-11(3)26)7-12-4-5-13(23)8-14(12)17(18)19(27)25-20/h4-8,28H,1-2H2,3H3,(H,24,26)(H,25,27)/b15-6+. The SMILES string of the molecule is C=C(F)/C=C(\C(=C)Cl)C1(O)NC(=O)c2c1c(NC(C)=O)cc1ccc(F)cc21. The van der Waals surface area contributed by atoms with Crippen LogP contribution >= 0.6 is 11.6 Å². The topological polar surface area (TPSA) is 78.4 Å². The summed E-state index contributed by atoms with van der Waals surface area (Å²) in [5.41, 5.74) is -2.69.